The van der Waals surface area contributed by atoms with E-state index in [9.17, 15) is 9.59 Å². The smallest absolute Gasteiger partial charge is 0.255 e. The van der Waals surface area contributed by atoms with Gasteiger partial charge in [0.2, 0.25) is 5.91 Å². The Kier molecular flexibility index (Phi) is 7.80. The average molecular weight is 417 g/mol. The summed E-state index contributed by atoms with van der Waals surface area (Å²) in [4.78, 5) is 28.3. The van der Waals surface area contributed by atoms with Crippen LogP contribution >= 0.6 is 23.4 Å². The lowest BCUT2D eigenvalue weighted by atomic mass is 10.1. The zero-order chi connectivity index (χ0) is 19.8. The molecule has 1 saturated heterocycles. The fraction of sp³-hybridized carbons (Fsp3) is 0.364. The molecule has 1 aliphatic heterocycles. The van der Waals surface area contributed by atoms with Crippen molar-refractivity contribution in [1.29, 1.82) is 0 Å². The summed E-state index contributed by atoms with van der Waals surface area (Å²) in [6, 6.07) is 14.9. The van der Waals surface area contributed by atoms with E-state index in [1.54, 1.807) is 23.9 Å². The maximum atomic E-state index is 12.9. The molecule has 6 heteroatoms. The molecule has 2 aromatic carbocycles. The van der Waals surface area contributed by atoms with Gasteiger partial charge in [0, 0.05) is 35.2 Å². The Morgan fingerprint density at radius 2 is 1.64 bits per heavy atom. The van der Waals surface area contributed by atoms with E-state index in [1.165, 1.54) is 12.8 Å². The molecule has 1 fully saturated rings. The van der Waals surface area contributed by atoms with Crippen LogP contribution in [0.5, 0.6) is 0 Å². The van der Waals surface area contributed by atoms with Crippen LogP contribution in [-0.2, 0) is 4.79 Å². The molecule has 0 aliphatic carbocycles. The molecule has 0 bridgehead atoms. The van der Waals surface area contributed by atoms with E-state index in [-0.39, 0.29) is 11.8 Å². The first-order chi connectivity index (χ1) is 13.6. The zero-order valence-corrected chi connectivity index (χ0v) is 17.4. The van der Waals surface area contributed by atoms with Crippen molar-refractivity contribution in [3.05, 3.63) is 59.1 Å². The number of likely N-dealkylation sites (tertiary alicyclic amines) is 1. The van der Waals surface area contributed by atoms with Gasteiger partial charge >= 0.3 is 0 Å². The molecule has 2 aromatic rings. The van der Waals surface area contributed by atoms with Gasteiger partial charge < -0.3 is 10.2 Å². The molecule has 0 atom stereocenters. The number of hydrogen-bond donors (Lipinski definition) is 1. The van der Waals surface area contributed by atoms with Crippen LogP contribution in [0.3, 0.4) is 0 Å². The van der Waals surface area contributed by atoms with Crippen molar-refractivity contribution < 1.29 is 9.59 Å². The topological polar surface area (TPSA) is 49.4 Å². The number of thioether (sulfide) groups is 1. The number of para-hydroxylation sites is 1. The number of nitrogens with one attached hydrogen (secondary N) is 1. The molecular formula is C22H25ClN2O2S. The second-order valence-electron chi connectivity index (χ2n) is 6.85. The van der Waals surface area contributed by atoms with Gasteiger partial charge in [0.25, 0.3) is 5.91 Å². The first-order valence-electron chi connectivity index (χ1n) is 9.70. The fourth-order valence-electron chi connectivity index (χ4n) is 3.23. The Hall–Kier alpha value is -1.98. The molecule has 0 saturated carbocycles. The van der Waals surface area contributed by atoms with E-state index >= 15 is 0 Å². The summed E-state index contributed by atoms with van der Waals surface area (Å²) in [5.74, 6) is 0.585. The van der Waals surface area contributed by atoms with Crippen molar-refractivity contribution in [2.24, 2.45) is 0 Å². The molecule has 0 radical (unpaired) electrons. The van der Waals surface area contributed by atoms with Crippen LogP contribution in [0.1, 0.15) is 42.5 Å². The third-order valence-corrected chi connectivity index (χ3v) is 6.00. The highest BCUT2D eigenvalue weighted by atomic mass is 35.5. The van der Waals surface area contributed by atoms with Gasteiger partial charge in [-0.3, -0.25) is 9.59 Å². The molecule has 0 aromatic heterocycles. The first-order valence-corrected chi connectivity index (χ1v) is 11.1. The van der Waals surface area contributed by atoms with E-state index in [0.717, 1.165) is 30.8 Å². The number of hydrogen-bond acceptors (Lipinski definition) is 3. The van der Waals surface area contributed by atoms with Gasteiger partial charge in [-0.15, -0.1) is 11.8 Å². The standard InChI is InChI=1S/C22H25ClN2O2S/c23-17-9-11-18(12-10-17)28-16-13-21(26)24-20-8-4-3-7-19(20)22(27)25-14-5-1-2-6-15-25/h3-4,7-12H,1-2,5-6,13-16H2,(H,24,26). The molecule has 1 heterocycles. The summed E-state index contributed by atoms with van der Waals surface area (Å²) in [7, 11) is 0. The van der Waals surface area contributed by atoms with Crippen LogP contribution < -0.4 is 5.32 Å². The quantitative estimate of drug-likeness (QED) is 0.634. The minimum absolute atomic E-state index is 0.00772. The van der Waals surface area contributed by atoms with Crippen LogP contribution in [-0.4, -0.2) is 35.6 Å². The second kappa shape index (κ2) is 10.5. The van der Waals surface area contributed by atoms with Gasteiger partial charge in [-0.2, -0.15) is 0 Å². The molecular weight excluding hydrogens is 392 g/mol. The van der Waals surface area contributed by atoms with Crippen molar-refractivity contribution in [2.45, 2.75) is 37.0 Å². The minimum atomic E-state index is -0.0856. The Balaban J connectivity index is 1.56. The second-order valence-corrected chi connectivity index (χ2v) is 8.46. The SMILES string of the molecule is O=C(CCSc1ccc(Cl)cc1)Nc1ccccc1C(=O)N1CCCCCC1. The maximum Gasteiger partial charge on any atom is 0.255 e. The molecule has 0 spiro atoms. The number of anilines is 1. The fourth-order valence-corrected chi connectivity index (χ4v) is 4.21. The third kappa shape index (κ3) is 6.01. The van der Waals surface area contributed by atoms with Crippen LogP contribution in [0.25, 0.3) is 0 Å². The molecule has 28 heavy (non-hydrogen) atoms. The Morgan fingerprint density at radius 3 is 2.36 bits per heavy atom. The van der Waals surface area contributed by atoms with Gasteiger partial charge in [0.1, 0.15) is 0 Å². The highest BCUT2D eigenvalue weighted by Crippen LogP contribution is 2.23. The van der Waals surface area contributed by atoms with E-state index in [2.05, 4.69) is 5.32 Å². The van der Waals surface area contributed by atoms with Crippen molar-refractivity contribution in [3.8, 4) is 0 Å². The summed E-state index contributed by atoms with van der Waals surface area (Å²) in [6.45, 7) is 1.58. The molecule has 2 amide bonds. The molecule has 3 rings (SSSR count). The van der Waals surface area contributed by atoms with Crippen LogP contribution in [0, 0.1) is 0 Å². The molecule has 148 valence electrons. The Labute approximate surface area is 175 Å². The lowest BCUT2D eigenvalue weighted by molar-refractivity contribution is -0.115. The van der Waals surface area contributed by atoms with E-state index in [0.29, 0.717) is 28.4 Å². The number of rotatable bonds is 6. The monoisotopic (exact) mass is 416 g/mol. The van der Waals surface area contributed by atoms with Gasteiger partial charge in [0.15, 0.2) is 0 Å². The number of amides is 2. The van der Waals surface area contributed by atoms with Gasteiger partial charge in [0.05, 0.1) is 11.3 Å². The summed E-state index contributed by atoms with van der Waals surface area (Å²) < 4.78 is 0. The van der Waals surface area contributed by atoms with Crippen molar-refractivity contribution >= 4 is 40.9 Å². The van der Waals surface area contributed by atoms with E-state index in [4.69, 9.17) is 11.6 Å². The largest absolute Gasteiger partial charge is 0.339 e. The summed E-state index contributed by atoms with van der Waals surface area (Å²) in [5.41, 5.74) is 1.17. The van der Waals surface area contributed by atoms with Crippen molar-refractivity contribution in [1.82, 2.24) is 4.90 Å². The van der Waals surface area contributed by atoms with E-state index in [1.807, 2.05) is 41.3 Å². The summed E-state index contributed by atoms with van der Waals surface area (Å²) in [6.07, 6.45) is 4.81. The van der Waals surface area contributed by atoms with Crippen LogP contribution in [0.2, 0.25) is 5.02 Å². The lowest BCUT2D eigenvalue weighted by Crippen LogP contribution is -2.32. The Bertz CT molecular complexity index is 802. The molecule has 0 unspecified atom stereocenters. The van der Waals surface area contributed by atoms with Crippen LogP contribution in [0.4, 0.5) is 5.69 Å². The number of benzene rings is 2. The number of nitrogens with zero attached hydrogens (tertiary/aromatic N) is 1. The van der Waals surface area contributed by atoms with E-state index < -0.39 is 0 Å². The summed E-state index contributed by atoms with van der Waals surface area (Å²) >= 11 is 7.50. The Morgan fingerprint density at radius 1 is 0.964 bits per heavy atom. The molecule has 1 aliphatic rings. The number of carbonyl (C=O) groups excluding carboxylic acids is 2. The highest BCUT2D eigenvalue weighted by Gasteiger charge is 2.20. The average Bonchev–Trinajstić information content (AvgIpc) is 2.99. The van der Waals surface area contributed by atoms with Crippen molar-refractivity contribution in [3.63, 3.8) is 0 Å². The number of carbonyl (C=O) groups is 2. The molecule has 4 nitrogen and oxygen atoms in total. The lowest BCUT2D eigenvalue weighted by Gasteiger charge is -2.22. The zero-order valence-electron chi connectivity index (χ0n) is 15.8. The predicted molar refractivity (Wildman–Crippen MR) is 116 cm³/mol. The normalized spacial score (nSPS) is 14.4. The van der Waals surface area contributed by atoms with Crippen molar-refractivity contribution in [2.75, 3.05) is 24.2 Å². The predicted octanol–water partition coefficient (Wildman–Crippen LogP) is 5.48. The van der Waals surface area contributed by atoms with Crippen LogP contribution in [0.15, 0.2) is 53.4 Å². The highest BCUT2D eigenvalue weighted by molar-refractivity contribution is 7.99. The third-order valence-electron chi connectivity index (χ3n) is 4.74. The number of halogens is 1. The summed E-state index contributed by atoms with van der Waals surface area (Å²) in [5, 5.41) is 3.62. The maximum absolute atomic E-state index is 12.9. The minimum Gasteiger partial charge on any atom is -0.339 e. The first kappa shape index (κ1) is 20.7. The van der Waals surface area contributed by atoms with Gasteiger partial charge in [-0.05, 0) is 49.2 Å². The van der Waals surface area contributed by atoms with Gasteiger partial charge in [-0.1, -0.05) is 36.6 Å². The van der Waals surface area contributed by atoms with Gasteiger partial charge in [-0.25, -0.2) is 0 Å². The molecule has 1 N–H and O–H groups in total.